The first-order chi connectivity index (χ1) is 7.99. The van der Waals surface area contributed by atoms with Gasteiger partial charge in [-0.15, -0.1) is 0 Å². The molecule has 1 saturated carbocycles. The molecule has 0 spiro atoms. The van der Waals surface area contributed by atoms with Gasteiger partial charge in [0.1, 0.15) is 6.04 Å². The van der Waals surface area contributed by atoms with Crippen molar-refractivity contribution >= 4 is 27.6 Å². The standard InChI is InChI=1S/C13H16BrNO2/c1-7-5-8(2)11(10(14)6-7)15-12(13(16)17)9-3-4-9/h5-6,9,12,15H,3-4H2,1-2H3,(H,16,17). The lowest BCUT2D eigenvalue weighted by Crippen LogP contribution is -2.31. The normalized spacial score (nSPS) is 16.6. The van der Waals surface area contributed by atoms with Gasteiger partial charge in [-0.3, -0.25) is 0 Å². The summed E-state index contributed by atoms with van der Waals surface area (Å²) in [6, 6.07) is 3.59. The van der Waals surface area contributed by atoms with Gasteiger partial charge in [-0.2, -0.15) is 0 Å². The largest absolute Gasteiger partial charge is 0.480 e. The van der Waals surface area contributed by atoms with E-state index in [4.69, 9.17) is 0 Å². The molecule has 2 rings (SSSR count). The molecule has 0 aliphatic heterocycles. The smallest absolute Gasteiger partial charge is 0.326 e. The Bertz CT molecular complexity index is 432. The summed E-state index contributed by atoms with van der Waals surface area (Å²) in [4.78, 5) is 11.2. The van der Waals surface area contributed by atoms with Crippen molar-refractivity contribution in [2.45, 2.75) is 32.7 Å². The maximum absolute atomic E-state index is 11.2. The lowest BCUT2D eigenvalue weighted by molar-refractivity contribution is -0.138. The van der Waals surface area contributed by atoms with E-state index in [0.29, 0.717) is 0 Å². The molecule has 0 bridgehead atoms. The van der Waals surface area contributed by atoms with Gasteiger partial charge in [-0.25, -0.2) is 4.79 Å². The third-order valence-electron chi connectivity index (χ3n) is 3.09. The van der Waals surface area contributed by atoms with Crippen LogP contribution < -0.4 is 5.32 Å². The van der Waals surface area contributed by atoms with Crippen LogP contribution in [0.5, 0.6) is 0 Å². The minimum absolute atomic E-state index is 0.278. The van der Waals surface area contributed by atoms with Gasteiger partial charge in [0.05, 0.1) is 5.69 Å². The molecule has 0 heterocycles. The first-order valence-electron chi connectivity index (χ1n) is 5.75. The third-order valence-corrected chi connectivity index (χ3v) is 3.72. The fraction of sp³-hybridized carbons (Fsp3) is 0.462. The number of aryl methyl sites for hydroxylation is 2. The minimum atomic E-state index is -0.764. The zero-order chi connectivity index (χ0) is 12.6. The van der Waals surface area contributed by atoms with Crippen LogP contribution in [-0.2, 0) is 4.79 Å². The van der Waals surface area contributed by atoms with Crippen LogP contribution >= 0.6 is 15.9 Å². The Morgan fingerprint density at radius 2 is 2.12 bits per heavy atom. The van der Waals surface area contributed by atoms with Gasteiger partial charge in [0.25, 0.3) is 0 Å². The number of hydrogen-bond acceptors (Lipinski definition) is 2. The maximum Gasteiger partial charge on any atom is 0.326 e. The van der Waals surface area contributed by atoms with Gasteiger partial charge >= 0.3 is 5.97 Å². The van der Waals surface area contributed by atoms with Crippen molar-refractivity contribution in [3.05, 3.63) is 27.7 Å². The van der Waals surface area contributed by atoms with Gasteiger partial charge in [0.15, 0.2) is 0 Å². The molecule has 0 aromatic heterocycles. The fourth-order valence-corrected chi connectivity index (χ4v) is 2.85. The number of rotatable bonds is 4. The van der Waals surface area contributed by atoms with E-state index in [1.54, 1.807) is 0 Å². The van der Waals surface area contributed by atoms with E-state index in [-0.39, 0.29) is 5.92 Å². The van der Waals surface area contributed by atoms with Crippen LogP contribution in [0.4, 0.5) is 5.69 Å². The number of hydrogen-bond donors (Lipinski definition) is 2. The number of carbonyl (C=O) groups is 1. The van der Waals surface area contributed by atoms with E-state index < -0.39 is 12.0 Å². The number of halogens is 1. The molecule has 4 heteroatoms. The van der Waals surface area contributed by atoms with Crippen molar-refractivity contribution in [3.63, 3.8) is 0 Å². The quantitative estimate of drug-likeness (QED) is 0.896. The Morgan fingerprint density at radius 3 is 2.59 bits per heavy atom. The zero-order valence-electron chi connectivity index (χ0n) is 9.96. The number of benzene rings is 1. The number of anilines is 1. The number of aliphatic carboxylic acids is 1. The molecule has 1 aromatic rings. The summed E-state index contributed by atoms with van der Waals surface area (Å²) >= 11 is 3.49. The second-order valence-electron chi connectivity index (χ2n) is 4.74. The fourth-order valence-electron chi connectivity index (χ4n) is 2.06. The van der Waals surface area contributed by atoms with Crippen molar-refractivity contribution in [2.24, 2.45) is 5.92 Å². The zero-order valence-corrected chi connectivity index (χ0v) is 11.5. The molecular weight excluding hydrogens is 282 g/mol. The SMILES string of the molecule is Cc1cc(C)c(NC(C(=O)O)C2CC2)c(Br)c1. The molecule has 17 heavy (non-hydrogen) atoms. The van der Waals surface area contributed by atoms with Crippen LogP contribution in [0.15, 0.2) is 16.6 Å². The molecule has 2 N–H and O–H groups in total. The molecule has 0 radical (unpaired) electrons. The topological polar surface area (TPSA) is 49.3 Å². The predicted octanol–water partition coefficient (Wildman–Crippen LogP) is 3.34. The molecule has 1 fully saturated rings. The molecule has 0 saturated heterocycles. The van der Waals surface area contributed by atoms with E-state index in [2.05, 4.69) is 27.3 Å². The van der Waals surface area contributed by atoms with Crippen LogP contribution in [-0.4, -0.2) is 17.1 Å². The Balaban J connectivity index is 2.25. The second kappa shape index (κ2) is 4.69. The van der Waals surface area contributed by atoms with E-state index in [9.17, 15) is 9.90 Å². The Hall–Kier alpha value is -1.03. The van der Waals surface area contributed by atoms with Crippen LogP contribution in [0.2, 0.25) is 0 Å². The van der Waals surface area contributed by atoms with E-state index in [1.165, 1.54) is 5.56 Å². The first-order valence-corrected chi connectivity index (χ1v) is 6.54. The highest BCUT2D eigenvalue weighted by molar-refractivity contribution is 9.10. The van der Waals surface area contributed by atoms with E-state index in [0.717, 1.165) is 28.6 Å². The molecule has 1 unspecified atom stereocenters. The van der Waals surface area contributed by atoms with E-state index >= 15 is 0 Å². The van der Waals surface area contributed by atoms with E-state index in [1.807, 2.05) is 19.9 Å². The average Bonchev–Trinajstić information content (AvgIpc) is 2.99. The minimum Gasteiger partial charge on any atom is -0.480 e. The molecule has 92 valence electrons. The number of nitrogens with one attached hydrogen (secondary N) is 1. The Morgan fingerprint density at radius 1 is 1.47 bits per heavy atom. The monoisotopic (exact) mass is 297 g/mol. The van der Waals surface area contributed by atoms with Gasteiger partial charge in [0, 0.05) is 4.47 Å². The summed E-state index contributed by atoms with van der Waals surface area (Å²) in [7, 11) is 0. The van der Waals surface area contributed by atoms with Crippen LogP contribution in [0.1, 0.15) is 24.0 Å². The molecular formula is C13H16BrNO2. The second-order valence-corrected chi connectivity index (χ2v) is 5.59. The molecule has 0 amide bonds. The molecule has 1 aromatic carbocycles. The first kappa shape index (κ1) is 12.4. The molecule has 1 atom stereocenters. The summed E-state index contributed by atoms with van der Waals surface area (Å²) in [6.45, 7) is 4.02. The summed E-state index contributed by atoms with van der Waals surface area (Å²) in [6.07, 6.45) is 2.01. The van der Waals surface area contributed by atoms with Gasteiger partial charge < -0.3 is 10.4 Å². The van der Waals surface area contributed by atoms with Crippen LogP contribution in [0.3, 0.4) is 0 Å². The maximum atomic E-state index is 11.2. The summed E-state index contributed by atoms with van der Waals surface area (Å²) in [5, 5.41) is 12.4. The number of carboxylic acid groups (broad SMARTS) is 1. The van der Waals surface area contributed by atoms with Gasteiger partial charge in [-0.1, -0.05) is 6.07 Å². The van der Waals surface area contributed by atoms with Crippen molar-refractivity contribution in [2.75, 3.05) is 5.32 Å². The highest BCUT2D eigenvalue weighted by Gasteiger charge is 2.36. The Kier molecular flexibility index (Phi) is 3.43. The van der Waals surface area contributed by atoms with Crippen molar-refractivity contribution in [1.82, 2.24) is 0 Å². The Labute approximate surface area is 109 Å². The van der Waals surface area contributed by atoms with Gasteiger partial charge in [0.2, 0.25) is 0 Å². The van der Waals surface area contributed by atoms with Crippen molar-refractivity contribution < 1.29 is 9.90 Å². The molecule has 1 aliphatic carbocycles. The lowest BCUT2D eigenvalue weighted by atomic mass is 10.1. The average molecular weight is 298 g/mol. The predicted molar refractivity (Wildman–Crippen MR) is 71.4 cm³/mol. The van der Waals surface area contributed by atoms with Crippen molar-refractivity contribution in [1.29, 1.82) is 0 Å². The number of carboxylic acids is 1. The van der Waals surface area contributed by atoms with Crippen LogP contribution in [0, 0.1) is 19.8 Å². The lowest BCUT2D eigenvalue weighted by Gasteiger charge is -2.18. The molecule has 1 aliphatic rings. The highest BCUT2D eigenvalue weighted by Crippen LogP contribution is 2.36. The summed E-state index contributed by atoms with van der Waals surface area (Å²) in [5.41, 5.74) is 3.14. The van der Waals surface area contributed by atoms with Crippen molar-refractivity contribution in [3.8, 4) is 0 Å². The highest BCUT2D eigenvalue weighted by atomic mass is 79.9. The van der Waals surface area contributed by atoms with Crippen LogP contribution in [0.25, 0.3) is 0 Å². The third kappa shape index (κ3) is 2.80. The van der Waals surface area contributed by atoms with Gasteiger partial charge in [-0.05, 0) is 65.7 Å². The summed E-state index contributed by atoms with van der Waals surface area (Å²) in [5.74, 6) is -0.487. The molecule has 3 nitrogen and oxygen atoms in total. The summed E-state index contributed by atoms with van der Waals surface area (Å²) < 4.78 is 0.932.